The van der Waals surface area contributed by atoms with Gasteiger partial charge in [-0.1, -0.05) is 29.8 Å². The largest absolute Gasteiger partial charge is 0.434 e. The molecule has 144 valence electrons. The van der Waals surface area contributed by atoms with Gasteiger partial charge in [-0.2, -0.15) is 8.78 Å². The number of ether oxygens (including phenoxy) is 1. The number of nitrogens with zero attached hydrogens (tertiary/aromatic N) is 1. The summed E-state index contributed by atoms with van der Waals surface area (Å²) in [6.45, 7) is -1.06. The normalized spacial score (nSPS) is 10.6. The number of aryl methyl sites for hydroxylation is 1. The van der Waals surface area contributed by atoms with Crippen LogP contribution in [0.1, 0.15) is 5.56 Å². The summed E-state index contributed by atoms with van der Waals surface area (Å²) in [5.74, 6) is -1.77. The van der Waals surface area contributed by atoms with Crippen LogP contribution in [-0.4, -0.2) is 23.4 Å². The van der Waals surface area contributed by atoms with E-state index in [1.54, 1.807) is 47.8 Å². The lowest BCUT2D eigenvalue weighted by molar-refractivity contribution is -0.132. The number of hydrogen-bond donors (Lipinski definition) is 2. The molecular formula is C19H15F2N3O3S. The van der Waals surface area contributed by atoms with Crippen LogP contribution in [0.25, 0.3) is 11.3 Å². The number of nitrogens with one attached hydrogen (secondary N) is 2. The lowest BCUT2D eigenvalue weighted by atomic mass is 10.1. The van der Waals surface area contributed by atoms with E-state index in [9.17, 15) is 18.4 Å². The molecule has 0 bridgehead atoms. The highest BCUT2D eigenvalue weighted by Gasteiger charge is 2.18. The number of halogens is 2. The molecule has 0 spiro atoms. The Hall–Kier alpha value is -3.33. The summed E-state index contributed by atoms with van der Waals surface area (Å²) < 4.78 is 29.6. The number of alkyl halides is 2. The number of amides is 2. The van der Waals surface area contributed by atoms with Gasteiger partial charge in [0.25, 0.3) is 0 Å². The average Bonchev–Trinajstić information content (AvgIpc) is 3.11. The minimum atomic E-state index is -2.97. The maximum absolute atomic E-state index is 12.5. The quantitative estimate of drug-likeness (QED) is 0.623. The molecule has 0 fully saturated rings. The number of hydrogen-bond acceptors (Lipinski definition) is 5. The van der Waals surface area contributed by atoms with Gasteiger partial charge in [-0.3, -0.25) is 14.9 Å². The summed E-state index contributed by atoms with van der Waals surface area (Å²) in [6, 6.07) is 13.2. The molecule has 2 aromatic carbocycles. The second-order valence-electron chi connectivity index (χ2n) is 5.69. The minimum absolute atomic E-state index is 0.0298. The van der Waals surface area contributed by atoms with Crippen LogP contribution in [0.2, 0.25) is 0 Å². The van der Waals surface area contributed by atoms with Crippen molar-refractivity contribution in [3.05, 3.63) is 59.5 Å². The van der Waals surface area contributed by atoms with Crippen LogP contribution >= 0.6 is 11.3 Å². The molecule has 2 amide bonds. The number of aromatic nitrogens is 1. The Morgan fingerprint density at radius 1 is 1.04 bits per heavy atom. The molecule has 2 N–H and O–H groups in total. The lowest BCUT2D eigenvalue weighted by Crippen LogP contribution is -2.29. The van der Waals surface area contributed by atoms with Gasteiger partial charge in [0.1, 0.15) is 5.75 Å². The fourth-order valence-electron chi connectivity index (χ4n) is 2.31. The predicted molar refractivity (Wildman–Crippen MR) is 103 cm³/mol. The van der Waals surface area contributed by atoms with Gasteiger partial charge >= 0.3 is 18.4 Å². The van der Waals surface area contributed by atoms with Gasteiger partial charge < -0.3 is 10.1 Å². The molecule has 0 atom stereocenters. The van der Waals surface area contributed by atoms with Crippen molar-refractivity contribution in [1.82, 2.24) is 4.98 Å². The van der Waals surface area contributed by atoms with Crippen LogP contribution in [0.3, 0.4) is 0 Å². The van der Waals surface area contributed by atoms with Crippen molar-refractivity contribution >= 4 is 34.0 Å². The third-order valence-corrected chi connectivity index (χ3v) is 4.38. The molecule has 28 heavy (non-hydrogen) atoms. The molecule has 0 radical (unpaired) electrons. The molecular weight excluding hydrogens is 388 g/mol. The molecule has 3 aromatic rings. The van der Waals surface area contributed by atoms with E-state index in [2.05, 4.69) is 20.4 Å². The number of para-hydroxylation sites is 1. The van der Waals surface area contributed by atoms with Crippen molar-refractivity contribution in [3.63, 3.8) is 0 Å². The van der Waals surface area contributed by atoms with Crippen LogP contribution in [0.4, 0.5) is 19.6 Å². The number of rotatable bonds is 5. The number of anilines is 2. The van der Waals surface area contributed by atoms with Gasteiger partial charge in [0, 0.05) is 16.6 Å². The Morgan fingerprint density at radius 2 is 1.71 bits per heavy atom. The molecule has 0 saturated carbocycles. The Balaban J connectivity index is 1.68. The Labute approximate surface area is 163 Å². The van der Waals surface area contributed by atoms with E-state index in [1.165, 1.54) is 6.07 Å². The first kappa shape index (κ1) is 19.4. The monoisotopic (exact) mass is 403 g/mol. The van der Waals surface area contributed by atoms with Crippen LogP contribution < -0.4 is 15.4 Å². The molecule has 1 heterocycles. The fraction of sp³-hybridized carbons (Fsp3) is 0.105. The first-order valence-electron chi connectivity index (χ1n) is 8.11. The topological polar surface area (TPSA) is 80.3 Å². The van der Waals surface area contributed by atoms with Gasteiger partial charge in [0.2, 0.25) is 0 Å². The molecule has 3 rings (SSSR count). The van der Waals surface area contributed by atoms with E-state index in [0.717, 1.165) is 16.9 Å². The second-order valence-corrected chi connectivity index (χ2v) is 6.54. The Bertz CT molecular complexity index is 990. The van der Waals surface area contributed by atoms with Crippen molar-refractivity contribution in [2.45, 2.75) is 13.5 Å². The maximum Gasteiger partial charge on any atom is 0.387 e. The minimum Gasteiger partial charge on any atom is -0.434 e. The van der Waals surface area contributed by atoms with E-state index >= 15 is 0 Å². The van der Waals surface area contributed by atoms with E-state index in [-0.39, 0.29) is 10.9 Å². The summed E-state index contributed by atoms with van der Waals surface area (Å²) in [7, 11) is 0. The van der Waals surface area contributed by atoms with Gasteiger partial charge in [0.15, 0.2) is 5.13 Å². The highest BCUT2D eigenvalue weighted by Crippen LogP contribution is 2.32. The van der Waals surface area contributed by atoms with Gasteiger partial charge in [-0.15, -0.1) is 11.3 Å². The first-order chi connectivity index (χ1) is 13.4. The Kier molecular flexibility index (Phi) is 5.95. The first-order valence-corrected chi connectivity index (χ1v) is 8.99. The second kappa shape index (κ2) is 8.57. The Morgan fingerprint density at radius 3 is 2.43 bits per heavy atom. The van der Waals surface area contributed by atoms with Crippen molar-refractivity contribution < 1.29 is 23.1 Å². The summed E-state index contributed by atoms with van der Waals surface area (Å²) in [5, 5.41) is 6.60. The van der Waals surface area contributed by atoms with Crippen LogP contribution in [0, 0.1) is 6.92 Å². The summed E-state index contributed by atoms with van der Waals surface area (Å²) in [6.07, 6.45) is 0. The van der Waals surface area contributed by atoms with Crippen LogP contribution in [0.5, 0.6) is 5.75 Å². The van der Waals surface area contributed by atoms with E-state index in [0.29, 0.717) is 16.9 Å². The molecule has 0 saturated heterocycles. The zero-order valence-corrected chi connectivity index (χ0v) is 15.4. The average molecular weight is 403 g/mol. The molecule has 6 nitrogen and oxygen atoms in total. The molecule has 1 aromatic heterocycles. The molecule has 0 aliphatic rings. The summed E-state index contributed by atoms with van der Waals surface area (Å²) in [5.41, 5.74) is 2.21. The van der Waals surface area contributed by atoms with Crippen molar-refractivity contribution in [2.24, 2.45) is 0 Å². The van der Waals surface area contributed by atoms with Gasteiger partial charge in [-0.05, 0) is 31.2 Å². The zero-order valence-electron chi connectivity index (χ0n) is 14.6. The molecule has 0 unspecified atom stereocenters. The van der Waals surface area contributed by atoms with E-state index in [1.807, 2.05) is 6.92 Å². The smallest absolute Gasteiger partial charge is 0.387 e. The summed E-state index contributed by atoms with van der Waals surface area (Å²) in [4.78, 5) is 28.2. The summed E-state index contributed by atoms with van der Waals surface area (Å²) >= 11 is 1.06. The van der Waals surface area contributed by atoms with E-state index < -0.39 is 18.4 Å². The van der Waals surface area contributed by atoms with Crippen molar-refractivity contribution in [1.29, 1.82) is 0 Å². The van der Waals surface area contributed by atoms with Crippen molar-refractivity contribution in [3.8, 4) is 17.0 Å². The molecule has 9 heteroatoms. The number of carbonyl (C=O) groups excluding carboxylic acids is 2. The molecule has 0 aliphatic carbocycles. The van der Waals surface area contributed by atoms with E-state index in [4.69, 9.17) is 0 Å². The number of benzene rings is 2. The number of carbonyl (C=O) groups is 2. The fourth-order valence-corrected chi connectivity index (χ4v) is 3.02. The van der Waals surface area contributed by atoms with Crippen molar-refractivity contribution in [2.75, 3.05) is 10.6 Å². The predicted octanol–water partition coefficient (Wildman–Crippen LogP) is 4.30. The van der Waals surface area contributed by atoms with Crippen LogP contribution in [-0.2, 0) is 9.59 Å². The maximum atomic E-state index is 12.5. The molecule has 0 aliphatic heterocycles. The highest BCUT2D eigenvalue weighted by atomic mass is 32.1. The third-order valence-electron chi connectivity index (χ3n) is 3.62. The van der Waals surface area contributed by atoms with Crippen LogP contribution in [0.15, 0.2) is 53.9 Å². The lowest BCUT2D eigenvalue weighted by Gasteiger charge is -2.08. The third kappa shape index (κ3) is 4.89. The standard InChI is InChI=1S/C19H15F2N3O3S/c1-11-6-8-12(9-7-11)22-16(25)17(26)24-19-23-14(10-28-19)13-4-2-3-5-15(13)27-18(20)21/h2-10,18H,1H3,(H,22,25)(H,23,24,26). The zero-order chi connectivity index (χ0) is 20.1. The number of thiazole rings is 1. The highest BCUT2D eigenvalue weighted by molar-refractivity contribution is 7.14. The van der Waals surface area contributed by atoms with Gasteiger partial charge in [0.05, 0.1) is 5.69 Å². The van der Waals surface area contributed by atoms with Gasteiger partial charge in [-0.25, -0.2) is 4.98 Å². The SMILES string of the molecule is Cc1ccc(NC(=O)C(=O)Nc2nc(-c3ccccc3OC(F)F)cs2)cc1.